The summed E-state index contributed by atoms with van der Waals surface area (Å²) in [6, 6.07) is 22.7. The third kappa shape index (κ3) is 3.31. The topological polar surface area (TPSA) is 52.3 Å². The number of carbonyl (C=O) groups excluding carboxylic acids is 1. The number of aromatic nitrogens is 1. The van der Waals surface area contributed by atoms with E-state index >= 15 is 0 Å². The average molecular weight is 452 g/mol. The van der Waals surface area contributed by atoms with Gasteiger partial charge in [0.1, 0.15) is 17.9 Å². The van der Waals surface area contributed by atoms with Crippen molar-refractivity contribution in [2.45, 2.75) is 13.5 Å². The number of nitrogens with zero attached hydrogens (tertiary/aromatic N) is 1. The first-order chi connectivity index (χ1) is 16.1. The fourth-order valence-electron chi connectivity index (χ4n) is 4.30. The molecule has 0 aliphatic carbocycles. The van der Waals surface area contributed by atoms with E-state index in [0.29, 0.717) is 28.3 Å². The van der Waals surface area contributed by atoms with Gasteiger partial charge in [-0.05, 0) is 43.3 Å². The number of hydrogen-bond donors (Lipinski definition) is 0. The average Bonchev–Trinajstić information content (AvgIpc) is 3.22. The van der Waals surface area contributed by atoms with Gasteiger partial charge in [-0.15, -0.1) is 0 Å². The van der Waals surface area contributed by atoms with Crippen LogP contribution in [0.5, 0.6) is 5.75 Å². The van der Waals surface area contributed by atoms with E-state index in [9.17, 15) is 4.79 Å². The molecule has 0 spiro atoms. The van der Waals surface area contributed by atoms with Crippen molar-refractivity contribution in [3.8, 4) is 28.1 Å². The Morgan fingerprint density at radius 2 is 1.82 bits per heavy atom. The molecule has 1 aliphatic heterocycles. The van der Waals surface area contributed by atoms with Crippen LogP contribution in [0, 0.1) is 6.92 Å². The Morgan fingerprint density at radius 3 is 2.67 bits per heavy atom. The smallest absolute Gasteiger partial charge is 0.228 e. The summed E-state index contributed by atoms with van der Waals surface area (Å²) in [5, 5.41) is 1.35. The highest BCUT2D eigenvalue weighted by atomic mass is 35.5. The number of hydrogen-bond acceptors (Lipinski definition) is 4. The van der Waals surface area contributed by atoms with Gasteiger partial charge in [-0.1, -0.05) is 53.6 Å². The summed E-state index contributed by atoms with van der Waals surface area (Å²) in [6.07, 6.45) is 1.79. The minimum Gasteiger partial charge on any atom is -0.488 e. The van der Waals surface area contributed by atoms with Gasteiger partial charge in [-0.25, -0.2) is 0 Å². The Bertz CT molecular complexity index is 1550. The number of pyridine rings is 1. The van der Waals surface area contributed by atoms with Gasteiger partial charge in [0.05, 0.1) is 5.69 Å². The molecular weight excluding hydrogens is 434 g/mol. The molecule has 0 amide bonds. The van der Waals surface area contributed by atoms with Crippen LogP contribution in [0.15, 0.2) is 83.4 Å². The Morgan fingerprint density at radius 1 is 1.00 bits per heavy atom. The zero-order valence-corrected chi connectivity index (χ0v) is 18.5. The summed E-state index contributed by atoms with van der Waals surface area (Å²) >= 11 is 6.31. The van der Waals surface area contributed by atoms with Crippen LogP contribution in [-0.4, -0.2) is 10.8 Å². The van der Waals surface area contributed by atoms with E-state index in [1.54, 1.807) is 18.3 Å². The Labute approximate surface area is 195 Å². The van der Waals surface area contributed by atoms with Crippen LogP contribution in [0.25, 0.3) is 33.4 Å². The predicted molar refractivity (Wildman–Crippen MR) is 129 cm³/mol. The van der Waals surface area contributed by atoms with Crippen molar-refractivity contribution in [1.82, 2.24) is 4.98 Å². The van der Waals surface area contributed by atoms with E-state index in [0.717, 1.165) is 39.1 Å². The fraction of sp³-hybridized carbons (Fsp3) is 0.0714. The van der Waals surface area contributed by atoms with Gasteiger partial charge in [-0.2, -0.15) is 0 Å². The van der Waals surface area contributed by atoms with E-state index in [1.807, 2.05) is 67.6 Å². The summed E-state index contributed by atoms with van der Waals surface area (Å²) in [7, 11) is 0. The maximum atomic E-state index is 13.5. The summed E-state index contributed by atoms with van der Waals surface area (Å²) in [4.78, 5) is 18.3. The molecule has 0 unspecified atom stereocenters. The number of fused-ring (bicyclic) bond motifs is 4. The summed E-state index contributed by atoms with van der Waals surface area (Å²) in [5.74, 6) is 0.910. The molecule has 0 saturated carbocycles. The number of ether oxygens (including phenoxy) is 1. The molecule has 1 aliphatic rings. The molecule has 3 aromatic carbocycles. The first-order valence-electron chi connectivity index (χ1n) is 10.6. The van der Waals surface area contributed by atoms with Crippen molar-refractivity contribution in [2.75, 3.05) is 0 Å². The molecule has 2 aromatic heterocycles. The first kappa shape index (κ1) is 19.8. The maximum Gasteiger partial charge on any atom is 0.228 e. The zero-order chi connectivity index (χ0) is 22.5. The number of para-hydroxylation sites is 1. The van der Waals surface area contributed by atoms with Gasteiger partial charge in [0.25, 0.3) is 0 Å². The second-order valence-electron chi connectivity index (χ2n) is 8.16. The largest absolute Gasteiger partial charge is 0.488 e. The van der Waals surface area contributed by atoms with Crippen LogP contribution < -0.4 is 4.74 Å². The van der Waals surface area contributed by atoms with Gasteiger partial charge in [-0.3, -0.25) is 9.78 Å². The molecule has 33 heavy (non-hydrogen) atoms. The number of rotatable bonds is 3. The second-order valence-corrected chi connectivity index (χ2v) is 8.59. The van der Waals surface area contributed by atoms with E-state index in [4.69, 9.17) is 25.7 Å². The summed E-state index contributed by atoms with van der Waals surface area (Å²) in [6.45, 7) is 2.40. The van der Waals surface area contributed by atoms with E-state index in [-0.39, 0.29) is 11.5 Å². The Hall–Kier alpha value is -3.89. The normalized spacial score (nSPS) is 12.2. The summed E-state index contributed by atoms with van der Waals surface area (Å²) < 4.78 is 12.0. The first-order valence-corrected chi connectivity index (χ1v) is 11.0. The molecule has 4 nitrogen and oxygen atoms in total. The third-order valence-corrected chi connectivity index (χ3v) is 6.19. The minimum absolute atomic E-state index is 0.184. The molecule has 0 saturated heterocycles. The number of aryl methyl sites for hydroxylation is 1. The molecule has 5 heteroatoms. The molecule has 3 heterocycles. The molecular formula is C28H18ClNO3. The van der Waals surface area contributed by atoms with Crippen LogP contribution in [-0.2, 0) is 6.61 Å². The van der Waals surface area contributed by atoms with Crippen molar-refractivity contribution in [2.24, 2.45) is 0 Å². The lowest BCUT2D eigenvalue weighted by Gasteiger charge is -2.20. The number of carbonyl (C=O) groups is 1. The predicted octanol–water partition coefficient (Wildman–Crippen LogP) is 7.25. The zero-order valence-electron chi connectivity index (χ0n) is 17.8. The van der Waals surface area contributed by atoms with Crippen molar-refractivity contribution in [1.29, 1.82) is 0 Å². The van der Waals surface area contributed by atoms with Crippen LogP contribution >= 0.6 is 11.6 Å². The lowest BCUT2D eigenvalue weighted by Crippen LogP contribution is -2.07. The standard InChI is InChI=1S/C28H18ClNO3/c1-16-6-8-17(9-7-16)27(31)28-25(22-13-20(29)10-11-24(22)33-28)18-12-19-15-32-23-5-3-2-4-21(23)26(19)30-14-18/h2-14H,15H2,1H3. The molecule has 0 bridgehead atoms. The van der Waals surface area contributed by atoms with Crippen LogP contribution in [0.1, 0.15) is 27.2 Å². The van der Waals surface area contributed by atoms with Gasteiger partial charge < -0.3 is 9.15 Å². The lowest BCUT2D eigenvalue weighted by atomic mass is 9.95. The highest BCUT2D eigenvalue weighted by Gasteiger charge is 2.26. The van der Waals surface area contributed by atoms with Crippen molar-refractivity contribution in [3.63, 3.8) is 0 Å². The van der Waals surface area contributed by atoms with Crippen LogP contribution in [0.3, 0.4) is 0 Å². The van der Waals surface area contributed by atoms with Crippen molar-refractivity contribution >= 4 is 28.4 Å². The lowest BCUT2D eigenvalue weighted by molar-refractivity contribution is 0.101. The fourth-order valence-corrected chi connectivity index (χ4v) is 4.47. The van der Waals surface area contributed by atoms with Crippen LogP contribution in [0.4, 0.5) is 0 Å². The quantitative estimate of drug-likeness (QED) is 0.271. The molecule has 5 aromatic rings. The molecule has 160 valence electrons. The van der Waals surface area contributed by atoms with E-state index in [1.165, 1.54) is 0 Å². The molecule has 0 radical (unpaired) electrons. The minimum atomic E-state index is -0.184. The molecule has 0 atom stereocenters. The molecule has 6 rings (SSSR count). The number of furan rings is 1. The molecule has 0 fully saturated rings. The SMILES string of the molecule is Cc1ccc(C(=O)c2oc3ccc(Cl)cc3c2-c2cnc3c(c2)COc2ccccc2-3)cc1. The third-order valence-electron chi connectivity index (χ3n) is 5.95. The maximum absolute atomic E-state index is 13.5. The van der Waals surface area contributed by atoms with E-state index in [2.05, 4.69) is 0 Å². The molecule has 0 N–H and O–H groups in total. The highest BCUT2D eigenvalue weighted by Crippen LogP contribution is 2.41. The number of halogens is 1. The Balaban J connectivity index is 1.55. The Kier molecular flexibility index (Phi) is 4.56. The highest BCUT2D eigenvalue weighted by molar-refractivity contribution is 6.31. The van der Waals surface area contributed by atoms with Gasteiger partial charge >= 0.3 is 0 Å². The van der Waals surface area contributed by atoms with Gasteiger partial charge in [0, 0.05) is 44.4 Å². The van der Waals surface area contributed by atoms with Gasteiger partial charge in [0.2, 0.25) is 5.78 Å². The number of ketones is 1. The van der Waals surface area contributed by atoms with Crippen molar-refractivity contribution in [3.05, 3.63) is 106 Å². The summed E-state index contributed by atoms with van der Waals surface area (Å²) in [5.41, 5.74) is 6.53. The second kappa shape index (κ2) is 7.61. The van der Waals surface area contributed by atoms with Gasteiger partial charge in [0.15, 0.2) is 5.76 Å². The monoisotopic (exact) mass is 451 g/mol. The van der Waals surface area contributed by atoms with Crippen LogP contribution in [0.2, 0.25) is 5.02 Å². The number of benzene rings is 3. The van der Waals surface area contributed by atoms with E-state index < -0.39 is 0 Å². The van der Waals surface area contributed by atoms with Crippen molar-refractivity contribution < 1.29 is 13.9 Å².